The van der Waals surface area contributed by atoms with Gasteiger partial charge in [0.25, 0.3) is 0 Å². The highest BCUT2D eigenvalue weighted by atomic mass is 14.2. The van der Waals surface area contributed by atoms with Gasteiger partial charge in [-0.1, -0.05) is 50.5 Å². The fourth-order valence-electron chi connectivity index (χ4n) is 1.95. The summed E-state index contributed by atoms with van der Waals surface area (Å²) in [5, 5.41) is 0. The van der Waals surface area contributed by atoms with E-state index in [4.69, 9.17) is 0 Å². The molecule has 88 valence electrons. The molecular weight excluding hydrogens is 180 g/mol. The molecule has 1 atom stereocenters. The lowest BCUT2D eigenvalue weighted by Gasteiger charge is -2.18. The summed E-state index contributed by atoms with van der Waals surface area (Å²) < 4.78 is 0. The second kappa shape index (κ2) is 8.76. The van der Waals surface area contributed by atoms with Crippen LogP contribution in [0.3, 0.4) is 0 Å². The van der Waals surface area contributed by atoms with Crippen LogP contribution in [-0.4, -0.2) is 0 Å². The number of hydrogen-bond donors (Lipinski definition) is 0. The largest absolute Gasteiger partial charge is 0.0998 e. The molecule has 0 nitrogen and oxygen atoms in total. The second-order valence-corrected chi connectivity index (χ2v) is 4.58. The van der Waals surface area contributed by atoms with Gasteiger partial charge in [0, 0.05) is 0 Å². The van der Waals surface area contributed by atoms with E-state index in [2.05, 4.69) is 40.3 Å². The minimum absolute atomic E-state index is 0.740. The van der Waals surface area contributed by atoms with Gasteiger partial charge < -0.3 is 0 Å². The standard InChI is InChI=1S/C15H28/c1-6-9-11-13(4)12-15(10-7-2)14(5)8-3/h8,15H,4,6-7,9-12H2,1-3,5H3/b14-8-/t15-/m1/s1. The first-order valence-electron chi connectivity index (χ1n) is 6.45. The summed E-state index contributed by atoms with van der Waals surface area (Å²) in [7, 11) is 0. The van der Waals surface area contributed by atoms with Crippen molar-refractivity contribution in [2.45, 2.75) is 66.2 Å². The Morgan fingerprint density at radius 1 is 1.27 bits per heavy atom. The van der Waals surface area contributed by atoms with Crippen LogP contribution in [0.2, 0.25) is 0 Å². The molecule has 0 aromatic rings. The van der Waals surface area contributed by atoms with Crippen LogP contribution in [0.15, 0.2) is 23.8 Å². The first-order chi connectivity index (χ1) is 7.15. The van der Waals surface area contributed by atoms with Crippen molar-refractivity contribution in [3.05, 3.63) is 23.8 Å². The highest BCUT2D eigenvalue weighted by molar-refractivity contribution is 5.08. The highest BCUT2D eigenvalue weighted by Crippen LogP contribution is 2.25. The highest BCUT2D eigenvalue weighted by Gasteiger charge is 2.10. The number of hydrogen-bond acceptors (Lipinski definition) is 0. The van der Waals surface area contributed by atoms with Gasteiger partial charge in [-0.2, -0.15) is 0 Å². The Hall–Kier alpha value is -0.520. The van der Waals surface area contributed by atoms with Crippen molar-refractivity contribution in [3.8, 4) is 0 Å². The average molecular weight is 208 g/mol. The fraction of sp³-hybridized carbons (Fsp3) is 0.733. The Morgan fingerprint density at radius 2 is 1.93 bits per heavy atom. The van der Waals surface area contributed by atoms with Gasteiger partial charge in [0.05, 0.1) is 0 Å². The Kier molecular flexibility index (Phi) is 8.46. The molecule has 0 unspecified atom stereocenters. The number of unbranched alkanes of at least 4 members (excludes halogenated alkanes) is 1. The van der Waals surface area contributed by atoms with Gasteiger partial charge >= 0.3 is 0 Å². The topological polar surface area (TPSA) is 0 Å². The Balaban J connectivity index is 4.10. The third-order valence-electron chi connectivity index (χ3n) is 3.16. The average Bonchev–Trinajstić information content (AvgIpc) is 2.24. The maximum Gasteiger partial charge on any atom is -0.0169 e. The zero-order chi connectivity index (χ0) is 11.7. The second-order valence-electron chi connectivity index (χ2n) is 4.58. The molecule has 0 aliphatic rings. The molecule has 0 N–H and O–H groups in total. The normalized spacial score (nSPS) is 14.0. The van der Waals surface area contributed by atoms with Crippen LogP contribution >= 0.6 is 0 Å². The van der Waals surface area contributed by atoms with E-state index in [0.29, 0.717) is 0 Å². The minimum atomic E-state index is 0.740. The first-order valence-corrected chi connectivity index (χ1v) is 6.45. The van der Waals surface area contributed by atoms with Crippen molar-refractivity contribution in [1.82, 2.24) is 0 Å². The predicted molar refractivity (Wildman–Crippen MR) is 71.1 cm³/mol. The van der Waals surface area contributed by atoms with Gasteiger partial charge in [0.1, 0.15) is 0 Å². The Labute approximate surface area is 96.5 Å². The van der Waals surface area contributed by atoms with E-state index >= 15 is 0 Å². The monoisotopic (exact) mass is 208 g/mol. The van der Waals surface area contributed by atoms with Crippen molar-refractivity contribution >= 4 is 0 Å². The molecule has 0 saturated carbocycles. The SMILES string of the molecule is C=C(CCCC)C[C@@H](CCC)/C(C)=C\C. The van der Waals surface area contributed by atoms with E-state index in [0.717, 1.165) is 5.92 Å². The van der Waals surface area contributed by atoms with E-state index in [1.807, 2.05) is 0 Å². The van der Waals surface area contributed by atoms with Gasteiger partial charge in [-0.3, -0.25) is 0 Å². The van der Waals surface area contributed by atoms with Crippen LogP contribution in [0.1, 0.15) is 66.2 Å². The number of rotatable bonds is 8. The Bertz CT molecular complexity index is 198. The third-order valence-corrected chi connectivity index (χ3v) is 3.16. The van der Waals surface area contributed by atoms with Gasteiger partial charge in [-0.05, 0) is 45.4 Å². The summed E-state index contributed by atoms with van der Waals surface area (Å²) in [6, 6.07) is 0. The van der Waals surface area contributed by atoms with Crippen LogP contribution in [0, 0.1) is 5.92 Å². The van der Waals surface area contributed by atoms with Crippen molar-refractivity contribution < 1.29 is 0 Å². The van der Waals surface area contributed by atoms with Crippen molar-refractivity contribution in [2.24, 2.45) is 5.92 Å². The molecule has 0 aliphatic heterocycles. The molecule has 0 aromatic carbocycles. The fourth-order valence-corrected chi connectivity index (χ4v) is 1.95. The van der Waals surface area contributed by atoms with Crippen molar-refractivity contribution in [3.63, 3.8) is 0 Å². The van der Waals surface area contributed by atoms with Crippen LogP contribution in [0.4, 0.5) is 0 Å². The van der Waals surface area contributed by atoms with Gasteiger partial charge in [0.15, 0.2) is 0 Å². The van der Waals surface area contributed by atoms with E-state index in [9.17, 15) is 0 Å². The van der Waals surface area contributed by atoms with Crippen LogP contribution in [0.25, 0.3) is 0 Å². The molecule has 0 saturated heterocycles. The van der Waals surface area contributed by atoms with Crippen molar-refractivity contribution in [2.75, 3.05) is 0 Å². The van der Waals surface area contributed by atoms with E-state index < -0.39 is 0 Å². The lowest BCUT2D eigenvalue weighted by Crippen LogP contribution is -2.03. The molecule has 0 heterocycles. The molecule has 0 aromatic heterocycles. The van der Waals surface area contributed by atoms with Gasteiger partial charge in [0.2, 0.25) is 0 Å². The Morgan fingerprint density at radius 3 is 2.40 bits per heavy atom. The van der Waals surface area contributed by atoms with E-state index in [-0.39, 0.29) is 0 Å². The van der Waals surface area contributed by atoms with Crippen LogP contribution < -0.4 is 0 Å². The molecule has 0 aliphatic carbocycles. The molecule has 15 heavy (non-hydrogen) atoms. The summed E-state index contributed by atoms with van der Waals surface area (Å²) in [5.41, 5.74) is 2.98. The lowest BCUT2D eigenvalue weighted by atomic mass is 9.88. The summed E-state index contributed by atoms with van der Waals surface area (Å²) >= 11 is 0. The van der Waals surface area contributed by atoms with E-state index in [1.54, 1.807) is 0 Å². The molecule has 0 amide bonds. The summed E-state index contributed by atoms with van der Waals surface area (Å²) in [6.07, 6.45) is 9.83. The maximum atomic E-state index is 4.20. The van der Waals surface area contributed by atoms with Gasteiger partial charge in [-0.15, -0.1) is 0 Å². The molecule has 0 spiro atoms. The van der Waals surface area contributed by atoms with Crippen LogP contribution in [-0.2, 0) is 0 Å². The quantitative estimate of drug-likeness (QED) is 0.462. The first kappa shape index (κ1) is 14.5. The zero-order valence-corrected chi connectivity index (χ0v) is 11.1. The minimum Gasteiger partial charge on any atom is -0.0998 e. The smallest absolute Gasteiger partial charge is 0.0169 e. The van der Waals surface area contributed by atoms with E-state index in [1.165, 1.54) is 49.7 Å². The lowest BCUT2D eigenvalue weighted by molar-refractivity contribution is 0.534. The zero-order valence-electron chi connectivity index (χ0n) is 11.1. The molecule has 0 radical (unpaired) electrons. The summed E-state index contributed by atoms with van der Waals surface area (Å²) in [6.45, 7) is 13.1. The van der Waals surface area contributed by atoms with Crippen LogP contribution in [0.5, 0.6) is 0 Å². The molecular formula is C15H28. The predicted octanol–water partition coefficient (Wildman–Crippen LogP) is 5.51. The summed E-state index contributed by atoms with van der Waals surface area (Å²) in [4.78, 5) is 0. The maximum absolute atomic E-state index is 4.20. The number of allylic oxidation sites excluding steroid dienone is 3. The summed E-state index contributed by atoms with van der Waals surface area (Å²) in [5.74, 6) is 0.740. The van der Waals surface area contributed by atoms with Gasteiger partial charge in [-0.25, -0.2) is 0 Å². The molecule has 0 bridgehead atoms. The molecule has 0 rings (SSSR count). The molecule has 0 heteroatoms. The third kappa shape index (κ3) is 6.54. The van der Waals surface area contributed by atoms with Crippen molar-refractivity contribution in [1.29, 1.82) is 0 Å². The molecule has 0 fully saturated rings.